The van der Waals surface area contributed by atoms with Crippen molar-refractivity contribution in [2.75, 3.05) is 26.4 Å². The van der Waals surface area contributed by atoms with Crippen molar-refractivity contribution in [1.82, 2.24) is 0 Å². The van der Waals surface area contributed by atoms with Gasteiger partial charge in [0.25, 0.3) is 0 Å². The Balaban J connectivity index is -0.0000000257. The SMILES string of the molecule is CCCO.CCCO.CCCO.CCCO.O.[Ti]. The van der Waals surface area contributed by atoms with E-state index in [1.165, 1.54) is 0 Å². The minimum absolute atomic E-state index is 0. The minimum Gasteiger partial charge on any atom is -0.412 e. The van der Waals surface area contributed by atoms with Gasteiger partial charge in [0.2, 0.25) is 0 Å². The fourth-order valence-corrected chi connectivity index (χ4v) is 0. The van der Waals surface area contributed by atoms with Gasteiger partial charge in [-0.2, -0.15) is 0 Å². The Bertz CT molecular complexity index is 44.4. The number of rotatable bonds is 4. The van der Waals surface area contributed by atoms with Crippen LogP contribution in [0, 0.1) is 0 Å². The number of hydrogen-bond acceptors (Lipinski definition) is 4. The topological polar surface area (TPSA) is 112 Å². The summed E-state index contributed by atoms with van der Waals surface area (Å²) in [7, 11) is 0. The van der Waals surface area contributed by atoms with Crippen molar-refractivity contribution in [3.8, 4) is 0 Å². The van der Waals surface area contributed by atoms with Crippen molar-refractivity contribution in [2.45, 2.75) is 53.4 Å². The van der Waals surface area contributed by atoms with Crippen molar-refractivity contribution in [3.05, 3.63) is 0 Å². The van der Waals surface area contributed by atoms with E-state index in [4.69, 9.17) is 20.4 Å². The molecule has 0 heterocycles. The van der Waals surface area contributed by atoms with Crippen LogP contribution in [-0.2, 0) is 21.7 Å². The molecular weight excluding hydrogens is 272 g/mol. The predicted molar refractivity (Wildman–Crippen MR) is 73.1 cm³/mol. The zero-order valence-corrected chi connectivity index (χ0v) is 14.0. The molecule has 0 fully saturated rings. The van der Waals surface area contributed by atoms with E-state index >= 15 is 0 Å². The summed E-state index contributed by atoms with van der Waals surface area (Å²) in [5.41, 5.74) is 0. The van der Waals surface area contributed by atoms with E-state index in [-0.39, 0.29) is 27.2 Å². The molecule has 0 atom stereocenters. The molecular formula is C12H34O5Ti. The van der Waals surface area contributed by atoms with Gasteiger partial charge in [0.1, 0.15) is 0 Å². The van der Waals surface area contributed by atoms with Gasteiger partial charge in [0.05, 0.1) is 0 Å². The van der Waals surface area contributed by atoms with Crippen LogP contribution >= 0.6 is 0 Å². The van der Waals surface area contributed by atoms with Crippen LogP contribution in [0.15, 0.2) is 0 Å². The Morgan fingerprint density at radius 3 is 0.556 bits per heavy atom. The van der Waals surface area contributed by atoms with E-state index < -0.39 is 0 Å². The summed E-state index contributed by atoms with van der Waals surface area (Å²) >= 11 is 0. The molecule has 0 saturated carbocycles. The maximum atomic E-state index is 7.88. The molecule has 0 aliphatic rings. The Morgan fingerprint density at radius 1 is 0.500 bits per heavy atom. The third-order valence-corrected chi connectivity index (χ3v) is 0.894. The largest absolute Gasteiger partial charge is 0.412 e. The van der Waals surface area contributed by atoms with Crippen molar-refractivity contribution in [3.63, 3.8) is 0 Å². The van der Waals surface area contributed by atoms with Crippen molar-refractivity contribution < 1.29 is 47.6 Å². The Kier molecular flexibility index (Phi) is 133. The molecule has 18 heavy (non-hydrogen) atoms. The van der Waals surface area contributed by atoms with E-state index in [2.05, 4.69) is 0 Å². The second kappa shape index (κ2) is 65.9. The van der Waals surface area contributed by atoms with Gasteiger partial charge in [-0.05, 0) is 25.7 Å². The number of aliphatic hydroxyl groups is 4. The first-order valence-corrected chi connectivity index (χ1v) is 6.09. The van der Waals surface area contributed by atoms with Crippen LogP contribution in [0.5, 0.6) is 0 Å². The quantitative estimate of drug-likeness (QED) is 0.573. The monoisotopic (exact) mass is 306 g/mol. The molecule has 0 rings (SSSR count). The van der Waals surface area contributed by atoms with Gasteiger partial charge < -0.3 is 25.9 Å². The molecule has 0 spiro atoms. The molecule has 0 aliphatic heterocycles. The molecule has 6 heteroatoms. The van der Waals surface area contributed by atoms with Crippen LogP contribution in [0.1, 0.15) is 53.4 Å². The fourth-order valence-electron chi connectivity index (χ4n) is 0. The predicted octanol–water partition coefficient (Wildman–Crippen LogP) is 0.728. The zero-order valence-electron chi connectivity index (χ0n) is 12.4. The van der Waals surface area contributed by atoms with Gasteiger partial charge in [-0.15, -0.1) is 0 Å². The number of aliphatic hydroxyl groups excluding tert-OH is 4. The van der Waals surface area contributed by atoms with E-state index in [1.807, 2.05) is 27.7 Å². The third kappa shape index (κ3) is 195. The van der Waals surface area contributed by atoms with Gasteiger partial charge in [-0.25, -0.2) is 0 Å². The summed E-state index contributed by atoms with van der Waals surface area (Å²) < 4.78 is 0. The van der Waals surface area contributed by atoms with E-state index in [9.17, 15) is 0 Å². The minimum atomic E-state index is 0. The fraction of sp³-hybridized carbons (Fsp3) is 1.00. The molecule has 0 unspecified atom stereocenters. The molecule has 5 nitrogen and oxygen atoms in total. The van der Waals surface area contributed by atoms with Gasteiger partial charge in [-0.1, -0.05) is 27.7 Å². The van der Waals surface area contributed by atoms with E-state index in [0.717, 1.165) is 25.7 Å². The Labute approximate surface area is 127 Å². The van der Waals surface area contributed by atoms with Crippen LogP contribution < -0.4 is 0 Å². The summed E-state index contributed by atoms with van der Waals surface area (Å²) in [6, 6.07) is 0. The first-order valence-electron chi connectivity index (χ1n) is 6.09. The summed E-state index contributed by atoms with van der Waals surface area (Å²) in [6.07, 6.45) is 3.50. The summed E-state index contributed by atoms with van der Waals surface area (Å²) in [6.45, 7) is 9.00. The summed E-state index contributed by atoms with van der Waals surface area (Å²) in [5.74, 6) is 0. The third-order valence-electron chi connectivity index (χ3n) is 0.894. The van der Waals surface area contributed by atoms with E-state index in [0.29, 0.717) is 26.4 Å². The standard InChI is InChI=1S/4C3H8O.H2O.Ti/c4*1-2-3-4;;/h4*4H,2-3H2,1H3;1H2;. The molecule has 0 aliphatic carbocycles. The molecule has 0 aromatic carbocycles. The normalized spacial score (nSPS) is 6.67. The van der Waals surface area contributed by atoms with Crippen molar-refractivity contribution >= 4 is 0 Å². The summed E-state index contributed by atoms with van der Waals surface area (Å²) in [5, 5.41) is 31.5. The average molecular weight is 306 g/mol. The van der Waals surface area contributed by atoms with Gasteiger partial charge in [0.15, 0.2) is 0 Å². The van der Waals surface area contributed by atoms with Gasteiger partial charge >= 0.3 is 0 Å². The first-order chi connectivity index (χ1) is 7.66. The van der Waals surface area contributed by atoms with Gasteiger partial charge in [-0.3, -0.25) is 0 Å². The molecule has 0 bridgehead atoms. The molecule has 0 amide bonds. The van der Waals surface area contributed by atoms with Gasteiger partial charge in [0, 0.05) is 48.1 Å². The second-order valence-electron chi connectivity index (χ2n) is 2.89. The molecule has 0 aromatic rings. The smallest absolute Gasteiger partial charge is 0.0428 e. The molecule has 0 saturated heterocycles. The Morgan fingerprint density at radius 2 is 0.556 bits per heavy atom. The van der Waals surface area contributed by atoms with Crippen LogP contribution in [0.2, 0.25) is 0 Å². The van der Waals surface area contributed by atoms with Crippen LogP contribution in [0.4, 0.5) is 0 Å². The maximum absolute atomic E-state index is 7.88. The molecule has 0 aromatic heterocycles. The second-order valence-corrected chi connectivity index (χ2v) is 2.89. The molecule has 116 valence electrons. The summed E-state index contributed by atoms with van der Waals surface area (Å²) in [4.78, 5) is 0. The maximum Gasteiger partial charge on any atom is 0.0428 e. The average Bonchev–Trinajstić information content (AvgIpc) is 2.39. The molecule has 6 N–H and O–H groups in total. The number of hydrogen-bond donors (Lipinski definition) is 4. The van der Waals surface area contributed by atoms with Crippen molar-refractivity contribution in [1.29, 1.82) is 0 Å². The zero-order chi connectivity index (χ0) is 13.7. The van der Waals surface area contributed by atoms with Crippen LogP contribution in [-0.4, -0.2) is 52.3 Å². The molecule has 0 radical (unpaired) electrons. The first kappa shape index (κ1) is 36.3. The van der Waals surface area contributed by atoms with Crippen LogP contribution in [0.3, 0.4) is 0 Å². The Hall–Kier alpha value is 0.514. The van der Waals surface area contributed by atoms with Crippen molar-refractivity contribution in [2.24, 2.45) is 0 Å². The van der Waals surface area contributed by atoms with Crippen LogP contribution in [0.25, 0.3) is 0 Å². The van der Waals surface area contributed by atoms with E-state index in [1.54, 1.807) is 0 Å².